The number of rotatable bonds is 7. The molecule has 0 saturated heterocycles. The lowest BCUT2D eigenvalue weighted by Crippen LogP contribution is -2.28. The van der Waals surface area contributed by atoms with Crippen molar-refractivity contribution >= 4 is 17.4 Å². The van der Waals surface area contributed by atoms with Crippen LogP contribution in [0.2, 0.25) is 0 Å². The van der Waals surface area contributed by atoms with Gasteiger partial charge in [0, 0.05) is 49.2 Å². The molecule has 0 radical (unpaired) electrons. The second-order valence-corrected chi connectivity index (χ2v) is 5.34. The number of hydrogen-bond donors (Lipinski definition) is 2. The van der Waals surface area contributed by atoms with Gasteiger partial charge >= 0.3 is 0 Å². The van der Waals surface area contributed by atoms with Crippen LogP contribution >= 0.6 is 0 Å². The third-order valence-corrected chi connectivity index (χ3v) is 3.58. The molecule has 1 amide bonds. The number of nitro groups is 1. The highest BCUT2D eigenvalue weighted by Gasteiger charge is 2.08. The number of nitrogens with zero attached hydrogens (tertiary/aromatic N) is 4. The smallest absolute Gasteiger partial charge is 0.269 e. The maximum absolute atomic E-state index is 12.0. The van der Waals surface area contributed by atoms with E-state index < -0.39 is 4.92 Å². The molecular weight excluding hydrogens is 336 g/mol. The second-order valence-electron chi connectivity index (χ2n) is 5.34. The Morgan fingerprint density at radius 1 is 1.12 bits per heavy atom. The minimum absolute atomic E-state index is 0.0505. The molecule has 3 rings (SSSR count). The van der Waals surface area contributed by atoms with E-state index in [-0.39, 0.29) is 11.6 Å². The van der Waals surface area contributed by atoms with Crippen molar-refractivity contribution in [3.05, 3.63) is 76.9 Å². The van der Waals surface area contributed by atoms with Crippen molar-refractivity contribution in [1.82, 2.24) is 19.9 Å². The summed E-state index contributed by atoms with van der Waals surface area (Å²) >= 11 is 0. The van der Waals surface area contributed by atoms with Gasteiger partial charge in [-0.15, -0.1) is 0 Å². The Kier molecular flexibility index (Phi) is 5.18. The maximum atomic E-state index is 12.0. The molecule has 0 fully saturated rings. The van der Waals surface area contributed by atoms with E-state index in [0.717, 1.165) is 5.82 Å². The quantitative estimate of drug-likeness (QED) is 0.382. The first-order valence-electron chi connectivity index (χ1n) is 7.85. The lowest BCUT2D eigenvalue weighted by atomic mass is 10.2. The molecule has 2 aromatic heterocycles. The van der Waals surface area contributed by atoms with Crippen LogP contribution in [0.4, 0.5) is 11.5 Å². The highest BCUT2D eigenvalue weighted by atomic mass is 16.6. The summed E-state index contributed by atoms with van der Waals surface area (Å²) in [6, 6.07) is 11.1. The number of anilines is 1. The first kappa shape index (κ1) is 17.1. The number of nitro benzene ring substituents is 1. The van der Waals surface area contributed by atoms with Gasteiger partial charge in [-0.25, -0.2) is 9.97 Å². The molecule has 2 N–H and O–H groups in total. The van der Waals surface area contributed by atoms with Crippen LogP contribution < -0.4 is 10.6 Å². The topological polar surface area (TPSA) is 115 Å². The molecule has 0 atom stereocenters. The van der Waals surface area contributed by atoms with E-state index in [4.69, 9.17) is 0 Å². The molecule has 0 spiro atoms. The van der Waals surface area contributed by atoms with E-state index in [1.807, 2.05) is 29.1 Å². The molecule has 0 saturated carbocycles. The number of nitrogens with one attached hydrogen (secondary N) is 2. The van der Waals surface area contributed by atoms with E-state index in [0.29, 0.717) is 24.5 Å². The third-order valence-electron chi connectivity index (χ3n) is 3.58. The van der Waals surface area contributed by atoms with Gasteiger partial charge in [0.15, 0.2) is 0 Å². The van der Waals surface area contributed by atoms with Crippen molar-refractivity contribution in [2.45, 2.75) is 0 Å². The molecule has 0 aliphatic carbocycles. The fraction of sp³-hybridized carbons (Fsp3) is 0.118. The molecule has 26 heavy (non-hydrogen) atoms. The Balaban J connectivity index is 1.49. The van der Waals surface area contributed by atoms with Crippen LogP contribution in [0.15, 0.2) is 61.2 Å². The van der Waals surface area contributed by atoms with Crippen LogP contribution in [0.25, 0.3) is 5.82 Å². The fourth-order valence-corrected chi connectivity index (χ4v) is 2.28. The Morgan fingerprint density at radius 2 is 1.85 bits per heavy atom. The summed E-state index contributed by atoms with van der Waals surface area (Å²) in [4.78, 5) is 30.4. The molecule has 132 valence electrons. The van der Waals surface area contributed by atoms with Gasteiger partial charge in [0.05, 0.1) is 4.92 Å². The lowest BCUT2D eigenvalue weighted by Gasteiger charge is -2.08. The van der Waals surface area contributed by atoms with Gasteiger partial charge in [0.1, 0.15) is 18.0 Å². The zero-order valence-corrected chi connectivity index (χ0v) is 13.7. The Labute approximate surface area is 148 Å². The van der Waals surface area contributed by atoms with Crippen LogP contribution in [0, 0.1) is 10.1 Å². The summed E-state index contributed by atoms with van der Waals surface area (Å²) in [6.45, 7) is 0.847. The first-order valence-corrected chi connectivity index (χ1v) is 7.85. The lowest BCUT2D eigenvalue weighted by molar-refractivity contribution is -0.384. The molecule has 1 aromatic carbocycles. The number of benzene rings is 1. The molecule has 0 bridgehead atoms. The standard InChI is InChI=1S/C17H16N6O3/c24-17(13-3-5-14(6-4-13)23(25)26)19-8-7-18-15-11-16(21-12-20-15)22-9-1-2-10-22/h1-6,9-12H,7-8H2,(H,19,24)(H,18,20,21). The number of non-ortho nitro benzene ring substituents is 1. The minimum Gasteiger partial charge on any atom is -0.368 e. The number of carbonyl (C=O) groups excluding carboxylic acids is 1. The summed E-state index contributed by atoms with van der Waals surface area (Å²) in [5, 5.41) is 16.5. The van der Waals surface area contributed by atoms with Gasteiger partial charge in [-0.2, -0.15) is 0 Å². The zero-order chi connectivity index (χ0) is 18.4. The van der Waals surface area contributed by atoms with Gasteiger partial charge in [-0.1, -0.05) is 0 Å². The minimum atomic E-state index is -0.505. The van der Waals surface area contributed by atoms with Gasteiger partial charge in [-0.05, 0) is 24.3 Å². The highest BCUT2D eigenvalue weighted by molar-refractivity contribution is 5.94. The van der Waals surface area contributed by atoms with Crippen molar-refractivity contribution in [2.24, 2.45) is 0 Å². The molecule has 9 nitrogen and oxygen atoms in total. The predicted octanol–water partition coefficient (Wildman–Crippen LogP) is 2.02. The molecule has 0 aliphatic heterocycles. The third kappa shape index (κ3) is 4.20. The van der Waals surface area contributed by atoms with Gasteiger partial charge in [0.25, 0.3) is 11.6 Å². The molecular formula is C17H16N6O3. The molecule has 9 heteroatoms. The van der Waals surface area contributed by atoms with E-state index in [1.165, 1.54) is 30.6 Å². The van der Waals surface area contributed by atoms with Crippen LogP contribution in [0.3, 0.4) is 0 Å². The monoisotopic (exact) mass is 352 g/mol. The van der Waals surface area contributed by atoms with Crippen molar-refractivity contribution in [3.8, 4) is 5.82 Å². The largest absolute Gasteiger partial charge is 0.368 e. The van der Waals surface area contributed by atoms with Crippen LogP contribution in [-0.2, 0) is 0 Å². The Morgan fingerprint density at radius 3 is 2.54 bits per heavy atom. The number of amides is 1. The maximum Gasteiger partial charge on any atom is 0.269 e. The van der Waals surface area contributed by atoms with Gasteiger partial charge in [0.2, 0.25) is 0 Å². The summed E-state index contributed by atoms with van der Waals surface area (Å²) in [7, 11) is 0. The van der Waals surface area contributed by atoms with Crippen molar-refractivity contribution in [3.63, 3.8) is 0 Å². The molecule has 0 aliphatic rings. The zero-order valence-electron chi connectivity index (χ0n) is 13.7. The molecule has 3 aromatic rings. The predicted molar refractivity (Wildman–Crippen MR) is 95.3 cm³/mol. The molecule has 0 unspecified atom stereocenters. The number of hydrogen-bond acceptors (Lipinski definition) is 6. The average molecular weight is 352 g/mol. The normalized spacial score (nSPS) is 10.3. The average Bonchev–Trinajstić information content (AvgIpc) is 3.20. The van der Waals surface area contributed by atoms with Crippen molar-refractivity contribution in [2.75, 3.05) is 18.4 Å². The van der Waals surface area contributed by atoms with E-state index >= 15 is 0 Å². The van der Waals surface area contributed by atoms with Crippen LogP contribution in [0.1, 0.15) is 10.4 Å². The summed E-state index contributed by atoms with van der Waals surface area (Å²) < 4.78 is 1.86. The van der Waals surface area contributed by atoms with Crippen LogP contribution in [-0.4, -0.2) is 38.5 Å². The molecule has 2 heterocycles. The fourth-order valence-electron chi connectivity index (χ4n) is 2.28. The summed E-state index contributed by atoms with van der Waals surface area (Å²) in [5.74, 6) is 1.09. The van der Waals surface area contributed by atoms with E-state index in [1.54, 1.807) is 6.07 Å². The van der Waals surface area contributed by atoms with Gasteiger partial charge < -0.3 is 15.2 Å². The van der Waals surface area contributed by atoms with E-state index in [9.17, 15) is 14.9 Å². The highest BCUT2D eigenvalue weighted by Crippen LogP contribution is 2.12. The van der Waals surface area contributed by atoms with Crippen LogP contribution in [0.5, 0.6) is 0 Å². The first-order chi connectivity index (χ1) is 12.6. The number of carbonyl (C=O) groups is 1. The summed E-state index contributed by atoms with van der Waals surface area (Å²) in [6.07, 6.45) is 5.24. The summed E-state index contributed by atoms with van der Waals surface area (Å²) in [5.41, 5.74) is 0.318. The Hall–Kier alpha value is -3.75. The van der Waals surface area contributed by atoms with E-state index in [2.05, 4.69) is 20.6 Å². The Bertz CT molecular complexity index is 893. The van der Waals surface area contributed by atoms with Crippen molar-refractivity contribution in [1.29, 1.82) is 0 Å². The SMILES string of the molecule is O=C(NCCNc1cc(-n2cccc2)ncn1)c1ccc([N+](=O)[O-])cc1. The van der Waals surface area contributed by atoms with Gasteiger partial charge in [-0.3, -0.25) is 14.9 Å². The second kappa shape index (κ2) is 7.88. The number of aromatic nitrogens is 3. The van der Waals surface area contributed by atoms with Crippen molar-refractivity contribution < 1.29 is 9.72 Å².